The van der Waals surface area contributed by atoms with Gasteiger partial charge in [0, 0.05) is 17.1 Å². The molecular formula is C31H38ClN3O6S. The summed E-state index contributed by atoms with van der Waals surface area (Å²) in [6.07, 6.45) is 0. The first-order chi connectivity index (χ1) is 19.7. The molecule has 0 spiro atoms. The fourth-order valence-corrected chi connectivity index (χ4v) is 5.66. The number of anilines is 1. The van der Waals surface area contributed by atoms with Gasteiger partial charge in [-0.05, 0) is 101 Å². The first-order valence-electron chi connectivity index (χ1n) is 13.5. The van der Waals surface area contributed by atoms with Crippen molar-refractivity contribution in [1.29, 1.82) is 0 Å². The van der Waals surface area contributed by atoms with E-state index in [2.05, 4.69) is 5.32 Å². The van der Waals surface area contributed by atoms with Crippen molar-refractivity contribution >= 4 is 39.1 Å². The van der Waals surface area contributed by atoms with E-state index in [-0.39, 0.29) is 23.0 Å². The lowest BCUT2D eigenvalue weighted by atomic mass is 10.1. The number of benzene rings is 3. The average molecular weight is 616 g/mol. The smallest absolute Gasteiger partial charge is 0.264 e. The SMILES string of the molecule is CCOc1ccc(N(CC(=O)N(Cc2ccc(OC)cc2)C(C)C(=O)NC(C)(C)C)S(=O)(=O)c2ccc(Cl)cc2)cc1. The number of rotatable bonds is 12. The van der Waals surface area contributed by atoms with Crippen molar-refractivity contribution < 1.29 is 27.5 Å². The first kappa shape index (κ1) is 32.8. The van der Waals surface area contributed by atoms with Crippen LogP contribution in [-0.2, 0) is 26.2 Å². The summed E-state index contributed by atoms with van der Waals surface area (Å²) >= 11 is 6.01. The summed E-state index contributed by atoms with van der Waals surface area (Å²) < 4.78 is 39.6. The highest BCUT2D eigenvalue weighted by atomic mass is 35.5. The molecule has 1 unspecified atom stereocenters. The second-order valence-corrected chi connectivity index (χ2v) is 13.0. The molecule has 9 nitrogen and oxygen atoms in total. The maximum Gasteiger partial charge on any atom is 0.264 e. The Morgan fingerprint density at radius 3 is 2.02 bits per heavy atom. The van der Waals surface area contributed by atoms with Gasteiger partial charge in [0.15, 0.2) is 0 Å². The number of ether oxygens (including phenoxy) is 2. The molecule has 0 radical (unpaired) electrons. The van der Waals surface area contributed by atoms with Crippen molar-refractivity contribution in [2.45, 2.75) is 57.6 Å². The lowest BCUT2D eigenvalue weighted by molar-refractivity contribution is -0.140. The Hall–Kier alpha value is -3.76. The van der Waals surface area contributed by atoms with E-state index in [9.17, 15) is 18.0 Å². The number of hydrogen-bond acceptors (Lipinski definition) is 6. The molecule has 0 saturated heterocycles. The van der Waals surface area contributed by atoms with Crippen LogP contribution in [0.4, 0.5) is 5.69 Å². The third-order valence-corrected chi connectivity index (χ3v) is 8.33. The average Bonchev–Trinajstić information content (AvgIpc) is 2.94. The minimum Gasteiger partial charge on any atom is -0.497 e. The predicted octanol–water partition coefficient (Wildman–Crippen LogP) is 5.27. The molecule has 0 aliphatic heterocycles. The van der Waals surface area contributed by atoms with Crippen LogP contribution in [0.25, 0.3) is 0 Å². The first-order valence-corrected chi connectivity index (χ1v) is 15.3. The largest absolute Gasteiger partial charge is 0.497 e. The zero-order chi connectivity index (χ0) is 31.1. The van der Waals surface area contributed by atoms with Gasteiger partial charge in [0.2, 0.25) is 11.8 Å². The van der Waals surface area contributed by atoms with Crippen molar-refractivity contribution in [2.24, 2.45) is 0 Å². The number of hydrogen-bond donors (Lipinski definition) is 1. The quantitative estimate of drug-likeness (QED) is 0.297. The van der Waals surface area contributed by atoms with E-state index in [0.29, 0.717) is 23.1 Å². The summed E-state index contributed by atoms with van der Waals surface area (Å²) in [6.45, 7) is 8.97. The van der Waals surface area contributed by atoms with Crippen LogP contribution in [0.3, 0.4) is 0 Å². The summed E-state index contributed by atoms with van der Waals surface area (Å²) in [5, 5.41) is 3.29. The molecular weight excluding hydrogens is 578 g/mol. The number of carbonyl (C=O) groups excluding carboxylic acids is 2. The Balaban J connectivity index is 2.03. The van der Waals surface area contributed by atoms with Crippen molar-refractivity contribution in [3.05, 3.63) is 83.4 Å². The maximum atomic E-state index is 14.0. The standard InChI is InChI=1S/C31H38ClN3O6S/c1-7-41-27-16-12-25(13-17-27)35(42(38,39)28-18-10-24(32)11-19-28)21-29(36)34(22(2)30(37)33-31(3,4)5)20-23-8-14-26(40-6)15-9-23/h8-19,22H,7,20-21H2,1-6H3,(H,33,37). The third kappa shape index (κ3) is 8.62. The Morgan fingerprint density at radius 2 is 1.50 bits per heavy atom. The van der Waals surface area contributed by atoms with E-state index in [1.54, 1.807) is 62.6 Å². The molecule has 0 bridgehead atoms. The van der Waals surface area contributed by atoms with Crippen LogP contribution in [-0.4, -0.2) is 57.0 Å². The molecule has 3 aromatic carbocycles. The van der Waals surface area contributed by atoms with E-state index in [1.165, 1.54) is 29.2 Å². The molecule has 226 valence electrons. The molecule has 0 saturated carbocycles. The van der Waals surface area contributed by atoms with Crippen LogP contribution in [0, 0.1) is 0 Å². The van der Waals surface area contributed by atoms with Crippen LogP contribution in [0.5, 0.6) is 11.5 Å². The summed E-state index contributed by atoms with van der Waals surface area (Å²) in [5.41, 5.74) is 0.470. The van der Waals surface area contributed by atoms with Gasteiger partial charge in [-0.15, -0.1) is 0 Å². The third-order valence-electron chi connectivity index (χ3n) is 6.29. The second kappa shape index (κ2) is 13.9. The molecule has 42 heavy (non-hydrogen) atoms. The molecule has 0 aromatic heterocycles. The van der Waals surface area contributed by atoms with Gasteiger partial charge in [0.05, 0.1) is 24.3 Å². The summed E-state index contributed by atoms with van der Waals surface area (Å²) in [7, 11) is -2.66. The zero-order valence-electron chi connectivity index (χ0n) is 24.8. The zero-order valence-corrected chi connectivity index (χ0v) is 26.3. The van der Waals surface area contributed by atoms with Gasteiger partial charge in [0.25, 0.3) is 10.0 Å². The highest BCUT2D eigenvalue weighted by Gasteiger charge is 2.33. The lowest BCUT2D eigenvalue weighted by Crippen LogP contribution is -2.54. The summed E-state index contributed by atoms with van der Waals surface area (Å²) in [5.74, 6) is 0.280. The topological polar surface area (TPSA) is 105 Å². The number of carbonyl (C=O) groups is 2. The van der Waals surface area contributed by atoms with Crippen molar-refractivity contribution in [1.82, 2.24) is 10.2 Å². The number of amides is 2. The Morgan fingerprint density at radius 1 is 0.929 bits per heavy atom. The Bertz CT molecular complexity index is 1450. The molecule has 3 rings (SSSR count). The van der Waals surface area contributed by atoms with Gasteiger partial charge in [-0.3, -0.25) is 13.9 Å². The number of methoxy groups -OCH3 is 1. The molecule has 0 aliphatic rings. The van der Waals surface area contributed by atoms with E-state index >= 15 is 0 Å². The van der Waals surface area contributed by atoms with E-state index < -0.39 is 34.1 Å². The second-order valence-electron chi connectivity index (χ2n) is 10.7. The summed E-state index contributed by atoms with van der Waals surface area (Å²) in [6, 6.07) is 18.4. The maximum absolute atomic E-state index is 14.0. The van der Waals surface area contributed by atoms with Crippen LogP contribution < -0.4 is 19.1 Å². The van der Waals surface area contributed by atoms with Crippen LogP contribution in [0.15, 0.2) is 77.7 Å². The fraction of sp³-hybridized carbons (Fsp3) is 0.355. The van der Waals surface area contributed by atoms with Gasteiger partial charge in [-0.2, -0.15) is 0 Å². The number of nitrogens with zero attached hydrogens (tertiary/aromatic N) is 2. The van der Waals surface area contributed by atoms with Gasteiger partial charge < -0.3 is 19.7 Å². The lowest BCUT2D eigenvalue weighted by Gasteiger charge is -2.33. The van der Waals surface area contributed by atoms with Crippen molar-refractivity contribution in [2.75, 3.05) is 24.6 Å². The Labute approximate surface area is 253 Å². The number of sulfonamides is 1. The molecule has 0 aliphatic carbocycles. The summed E-state index contributed by atoms with van der Waals surface area (Å²) in [4.78, 5) is 28.6. The minimum absolute atomic E-state index is 0.0335. The molecule has 1 atom stereocenters. The van der Waals surface area contributed by atoms with Crippen LogP contribution >= 0.6 is 11.6 Å². The van der Waals surface area contributed by atoms with Crippen molar-refractivity contribution in [3.63, 3.8) is 0 Å². The molecule has 2 amide bonds. The Kier molecular flexibility index (Phi) is 10.9. The number of halogens is 1. The fourth-order valence-electron chi connectivity index (χ4n) is 4.12. The molecule has 11 heteroatoms. The molecule has 0 fully saturated rings. The van der Waals surface area contributed by atoms with E-state index in [1.807, 2.05) is 27.7 Å². The van der Waals surface area contributed by atoms with E-state index in [4.69, 9.17) is 21.1 Å². The van der Waals surface area contributed by atoms with Gasteiger partial charge in [-0.25, -0.2) is 8.42 Å². The van der Waals surface area contributed by atoms with Gasteiger partial charge >= 0.3 is 0 Å². The molecule has 1 N–H and O–H groups in total. The van der Waals surface area contributed by atoms with Crippen LogP contribution in [0.1, 0.15) is 40.2 Å². The van der Waals surface area contributed by atoms with Gasteiger partial charge in [0.1, 0.15) is 24.1 Å². The van der Waals surface area contributed by atoms with Gasteiger partial charge in [-0.1, -0.05) is 23.7 Å². The molecule has 3 aromatic rings. The monoisotopic (exact) mass is 615 g/mol. The van der Waals surface area contributed by atoms with E-state index in [0.717, 1.165) is 9.87 Å². The highest BCUT2D eigenvalue weighted by molar-refractivity contribution is 7.92. The van der Waals surface area contributed by atoms with Crippen molar-refractivity contribution in [3.8, 4) is 11.5 Å². The number of nitrogens with one attached hydrogen (secondary N) is 1. The predicted molar refractivity (Wildman–Crippen MR) is 164 cm³/mol. The normalized spacial score (nSPS) is 12.3. The molecule has 0 heterocycles. The van der Waals surface area contributed by atoms with Crippen LogP contribution in [0.2, 0.25) is 5.02 Å². The minimum atomic E-state index is -4.21. The highest BCUT2D eigenvalue weighted by Crippen LogP contribution is 2.27.